The van der Waals surface area contributed by atoms with Crippen LogP contribution in [0.4, 0.5) is 0 Å². The molecule has 0 amide bonds. The minimum atomic E-state index is -2.11. The summed E-state index contributed by atoms with van der Waals surface area (Å²) in [6.45, 7) is 1.86. The zero-order chi connectivity index (χ0) is 8.32. The molecule has 0 aliphatic rings. The van der Waals surface area contributed by atoms with Crippen molar-refractivity contribution >= 4 is 32.6 Å². The van der Waals surface area contributed by atoms with Crippen LogP contribution in [0.2, 0.25) is 6.55 Å². The molecule has 60 valence electrons. The lowest BCUT2D eigenvalue weighted by atomic mass is 10.3. The molecule has 11 heavy (non-hydrogen) atoms. The Morgan fingerprint density at radius 2 is 1.91 bits per heavy atom. The van der Waals surface area contributed by atoms with Gasteiger partial charge >= 0.3 is 6.25 Å². The Morgan fingerprint density at radius 3 is 2.36 bits per heavy atom. The molecule has 0 aliphatic heterocycles. The Bertz CT molecular complexity index is 222. The predicted octanol–water partition coefficient (Wildman–Crippen LogP) is 3.27. The smallest absolute Gasteiger partial charge is 0.418 e. The van der Waals surface area contributed by atoms with Crippen molar-refractivity contribution in [3.63, 3.8) is 0 Å². The van der Waals surface area contributed by atoms with E-state index < -0.39 is 6.25 Å². The van der Waals surface area contributed by atoms with Crippen LogP contribution in [-0.2, 0) is 0 Å². The van der Waals surface area contributed by atoms with Gasteiger partial charge in [-0.25, -0.2) is 0 Å². The number of para-hydroxylation sites is 1. The lowest BCUT2D eigenvalue weighted by molar-refractivity contribution is 0.588. The lowest BCUT2D eigenvalue weighted by Gasteiger charge is -2.13. The molecule has 0 N–H and O–H groups in total. The van der Waals surface area contributed by atoms with E-state index in [9.17, 15) is 0 Å². The quantitative estimate of drug-likeness (QED) is 0.579. The summed E-state index contributed by atoms with van der Waals surface area (Å²) >= 11 is 9.20. The molecule has 1 atom stereocenters. The summed E-state index contributed by atoms with van der Waals surface area (Å²) in [6.07, 6.45) is -2.11. The summed E-state index contributed by atoms with van der Waals surface area (Å²) in [6, 6.07) is 9.54. The third-order valence-corrected chi connectivity index (χ3v) is 2.35. The monoisotopic (exact) mass is 250 g/mol. The Labute approximate surface area is 79.7 Å². The van der Waals surface area contributed by atoms with Crippen molar-refractivity contribution in [3.8, 4) is 5.75 Å². The Morgan fingerprint density at radius 1 is 1.36 bits per heavy atom. The van der Waals surface area contributed by atoms with Gasteiger partial charge in [0, 0.05) is 0 Å². The minimum absolute atomic E-state index is 0.813. The zero-order valence-corrected chi connectivity index (χ0v) is 9.39. The van der Waals surface area contributed by atoms with Crippen LogP contribution in [-0.4, -0.2) is 6.25 Å². The normalized spacial score (nSPS) is 15.5. The molecule has 0 bridgehead atoms. The van der Waals surface area contributed by atoms with Crippen LogP contribution in [0.1, 0.15) is 0 Å². The molecule has 0 aliphatic carbocycles. The Balaban J connectivity index is 2.66. The van der Waals surface area contributed by atoms with Gasteiger partial charge in [0.15, 0.2) is 0 Å². The average Bonchev–Trinajstić information content (AvgIpc) is 1.85. The fourth-order valence-corrected chi connectivity index (χ4v) is 2.07. The number of rotatable bonds is 2. The number of halogens is 2. The van der Waals surface area contributed by atoms with E-state index in [0.717, 1.165) is 5.75 Å². The van der Waals surface area contributed by atoms with Crippen LogP contribution in [0, 0.1) is 0 Å². The molecule has 0 saturated carbocycles. The van der Waals surface area contributed by atoms with Gasteiger partial charge in [0.05, 0.1) is 0 Å². The van der Waals surface area contributed by atoms with Gasteiger partial charge in [-0.3, -0.25) is 0 Å². The van der Waals surface area contributed by atoms with Crippen LogP contribution in [0.3, 0.4) is 0 Å². The summed E-state index contributed by atoms with van der Waals surface area (Å²) in [5.41, 5.74) is 0. The minimum Gasteiger partial charge on any atom is -0.521 e. The van der Waals surface area contributed by atoms with Crippen molar-refractivity contribution in [2.24, 2.45) is 0 Å². The van der Waals surface area contributed by atoms with Crippen molar-refractivity contribution < 1.29 is 4.43 Å². The topological polar surface area (TPSA) is 9.23 Å². The van der Waals surface area contributed by atoms with Gasteiger partial charge in [0.1, 0.15) is 5.75 Å². The molecule has 4 heteroatoms. The highest BCUT2D eigenvalue weighted by atomic mass is 79.9. The molecule has 0 saturated heterocycles. The standard InChI is InChI=1S/C7H8BrClOSi/c1-11(8,9)10-7-5-3-2-4-6-7/h2-6H,1H3. The summed E-state index contributed by atoms with van der Waals surface area (Å²) in [5, 5.41) is 0. The zero-order valence-electron chi connectivity index (χ0n) is 6.05. The van der Waals surface area contributed by atoms with Crippen LogP contribution < -0.4 is 4.43 Å². The molecule has 1 unspecified atom stereocenters. The first-order chi connectivity index (χ1) is 5.08. The van der Waals surface area contributed by atoms with Crippen LogP contribution in [0.25, 0.3) is 0 Å². The highest BCUT2D eigenvalue weighted by molar-refractivity contribution is 9.27. The van der Waals surface area contributed by atoms with Gasteiger partial charge in [-0.05, 0) is 18.7 Å². The van der Waals surface area contributed by atoms with Gasteiger partial charge in [-0.1, -0.05) is 33.5 Å². The van der Waals surface area contributed by atoms with Gasteiger partial charge in [0.2, 0.25) is 0 Å². The molecule has 0 heterocycles. The summed E-state index contributed by atoms with van der Waals surface area (Å²) < 4.78 is 5.42. The van der Waals surface area contributed by atoms with Crippen molar-refractivity contribution in [1.82, 2.24) is 0 Å². The van der Waals surface area contributed by atoms with Crippen molar-refractivity contribution in [1.29, 1.82) is 0 Å². The molecule has 0 aromatic heterocycles. The first-order valence-corrected chi connectivity index (χ1v) is 8.87. The number of hydrogen-bond donors (Lipinski definition) is 0. The summed E-state index contributed by atoms with van der Waals surface area (Å²) in [4.78, 5) is 0. The van der Waals surface area contributed by atoms with Crippen molar-refractivity contribution in [2.45, 2.75) is 6.55 Å². The molecule has 0 spiro atoms. The summed E-state index contributed by atoms with van der Waals surface area (Å²) in [7, 11) is 0. The van der Waals surface area contributed by atoms with Crippen LogP contribution >= 0.6 is 26.4 Å². The van der Waals surface area contributed by atoms with Gasteiger partial charge < -0.3 is 4.43 Å². The first-order valence-electron chi connectivity index (χ1n) is 3.20. The van der Waals surface area contributed by atoms with Crippen LogP contribution in [0.15, 0.2) is 30.3 Å². The number of hydrogen-bond acceptors (Lipinski definition) is 1. The highest BCUT2D eigenvalue weighted by Gasteiger charge is 2.23. The van der Waals surface area contributed by atoms with Gasteiger partial charge in [-0.2, -0.15) is 0 Å². The fraction of sp³-hybridized carbons (Fsp3) is 0.143. The maximum atomic E-state index is 5.90. The second-order valence-corrected chi connectivity index (χ2v) is 12.1. The highest BCUT2D eigenvalue weighted by Crippen LogP contribution is 2.22. The maximum absolute atomic E-state index is 5.90. The van der Waals surface area contributed by atoms with E-state index in [1.165, 1.54) is 0 Å². The average molecular weight is 252 g/mol. The second kappa shape index (κ2) is 3.60. The third-order valence-electron chi connectivity index (χ3n) is 1.04. The maximum Gasteiger partial charge on any atom is 0.418 e. The Hall–Kier alpha value is 0.00688. The van der Waals surface area contributed by atoms with Crippen molar-refractivity contribution in [3.05, 3.63) is 30.3 Å². The summed E-state index contributed by atoms with van der Waals surface area (Å²) in [5.74, 6) is 0.813. The van der Waals surface area contributed by atoms with E-state index >= 15 is 0 Å². The van der Waals surface area contributed by atoms with E-state index in [-0.39, 0.29) is 0 Å². The third kappa shape index (κ3) is 3.79. The van der Waals surface area contributed by atoms with Crippen molar-refractivity contribution in [2.75, 3.05) is 0 Å². The van der Waals surface area contributed by atoms with E-state index in [1.807, 2.05) is 36.9 Å². The molecule has 1 rings (SSSR count). The van der Waals surface area contributed by atoms with E-state index in [4.69, 9.17) is 15.5 Å². The van der Waals surface area contributed by atoms with Crippen LogP contribution in [0.5, 0.6) is 5.75 Å². The van der Waals surface area contributed by atoms with E-state index in [1.54, 1.807) is 0 Å². The molecule has 1 nitrogen and oxygen atoms in total. The molecule has 1 aromatic rings. The largest absolute Gasteiger partial charge is 0.521 e. The Kier molecular flexibility index (Phi) is 2.98. The second-order valence-electron chi connectivity index (χ2n) is 2.22. The fourth-order valence-electron chi connectivity index (χ4n) is 0.695. The van der Waals surface area contributed by atoms with Gasteiger partial charge in [-0.15, -0.1) is 11.1 Å². The molecule has 1 aromatic carbocycles. The molecular weight excluding hydrogens is 244 g/mol. The molecule has 0 fully saturated rings. The predicted molar refractivity (Wildman–Crippen MR) is 53.5 cm³/mol. The number of benzene rings is 1. The van der Waals surface area contributed by atoms with Gasteiger partial charge in [0.25, 0.3) is 0 Å². The SMILES string of the molecule is C[Si](Cl)(Br)Oc1ccccc1. The van der Waals surface area contributed by atoms with E-state index in [0.29, 0.717) is 0 Å². The molecular formula is C7H8BrClOSi. The lowest BCUT2D eigenvalue weighted by Crippen LogP contribution is -2.22. The first kappa shape index (κ1) is 9.10. The molecule has 0 radical (unpaired) electrons. The van der Waals surface area contributed by atoms with E-state index in [2.05, 4.69) is 15.3 Å².